The molecule has 9 aromatic carbocycles. The molecule has 1 spiro atoms. The molecular weight excluding hydrogens is 916 g/mol. The molecule has 5 heterocycles. The summed E-state index contributed by atoms with van der Waals surface area (Å²) < 4.78 is 5.55. The van der Waals surface area contributed by atoms with Crippen molar-refractivity contribution in [2.45, 2.75) is 123 Å². The van der Waals surface area contributed by atoms with E-state index in [0.717, 1.165) is 12.8 Å². The van der Waals surface area contributed by atoms with Gasteiger partial charge < -0.3 is 9.13 Å². The SMILES string of the molecule is CCC(C)(C)c1cc2c3c(c1)c1cc(C(C)(C)CC)cc4c1n3-c1c(ccc3c1B2c1c2ccccc2cc2c(-c5ccc(C(C)(C)C)cc5)c(-c5ccc(C(C)(C)C)cc5)n-3c12)C41c2ccccc2-c2ccccc21. The van der Waals surface area contributed by atoms with Crippen molar-refractivity contribution >= 4 is 66.6 Å². The minimum atomic E-state index is -0.565. The highest BCUT2D eigenvalue weighted by Crippen LogP contribution is 2.62. The van der Waals surface area contributed by atoms with Crippen LogP contribution in [0.25, 0.3) is 88.4 Å². The van der Waals surface area contributed by atoms with Crippen molar-refractivity contribution in [2.75, 3.05) is 0 Å². The van der Waals surface area contributed by atoms with Crippen LogP contribution in [0.15, 0.2) is 164 Å². The van der Waals surface area contributed by atoms with Crippen LogP contribution in [-0.2, 0) is 27.1 Å². The highest BCUT2D eigenvalue weighted by Gasteiger charge is 2.55. The second-order valence-corrected chi connectivity index (χ2v) is 26.5. The standard InChI is InChI=1S/C73H67BN2/c1-13-71(9,10)47-38-52-53-39-48(72(11,12)14-2)41-59-66(53)76-65(52)58(40-47)73(55-25-19-17-23-50(55)51-24-18-20-26-56(51)73)57-35-36-60-63(68(57)76)74(59)62-49-22-16-15-21-44(49)37-54-61(42-27-31-45(32-28-42)69(3,4)5)64(75(60)67(54)62)43-29-33-46(34-30-43)70(6,7)8/h15-41H,13-14H2,1-12H3. The lowest BCUT2D eigenvalue weighted by Gasteiger charge is -2.44. The maximum Gasteiger partial charge on any atom is 0.253 e. The Kier molecular flexibility index (Phi) is 9.06. The third-order valence-corrected chi connectivity index (χ3v) is 19.7. The van der Waals surface area contributed by atoms with Gasteiger partial charge in [0.15, 0.2) is 0 Å². The highest BCUT2D eigenvalue weighted by molar-refractivity contribution is 7.01. The van der Waals surface area contributed by atoms with Crippen LogP contribution in [0.1, 0.15) is 140 Å². The first-order chi connectivity index (χ1) is 36.4. The van der Waals surface area contributed by atoms with Gasteiger partial charge in [0.05, 0.1) is 22.1 Å². The minimum absolute atomic E-state index is 0.0197. The largest absolute Gasteiger partial charge is 0.310 e. The van der Waals surface area contributed by atoms with E-state index in [1.165, 1.54) is 149 Å². The summed E-state index contributed by atoms with van der Waals surface area (Å²) in [6.07, 6.45) is 2.08. The van der Waals surface area contributed by atoms with Gasteiger partial charge in [-0.3, -0.25) is 0 Å². The summed E-state index contributed by atoms with van der Waals surface area (Å²) in [5.41, 5.74) is 29.2. The predicted octanol–water partition coefficient (Wildman–Crippen LogP) is 17.0. The van der Waals surface area contributed by atoms with Gasteiger partial charge >= 0.3 is 0 Å². The summed E-state index contributed by atoms with van der Waals surface area (Å²) in [5.74, 6) is 0. The maximum atomic E-state index is 2.81. The summed E-state index contributed by atoms with van der Waals surface area (Å²) in [6.45, 7) is 28.5. The van der Waals surface area contributed by atoms with Gasteiger partial charge in [0.2, 0.25) is 0 Å². The zero-order chi connectivity index (χ0) is 52.3. The second-order valence-electron chi connectivity index (χ2n) is 26.5. The van der Waals surface area contributed by atoms with Crippen molar-refractivity contribution in [1.82, 2.24) is 9.13 Å². The zero-order valence-electron chi connectivity index (χ0n) is 46.5. The molecule has 0 bridgehead atoms. The van der Waals surface area contributed by atoms with Crippen LogP contribution >= 0.6 is 0 Å². The molecule has 4 aliphatic rings. The van der Waals surface area contributed by atoms with Crippen LogP contribution in [0, 0.1) is 0 Å². The van der Waals surface area contributed by atoms with Crippen molar-refractivity contribution in [3.05, 3.63) is 208 Å². The highest BCUT2D eigenvalue weighted by atomic mass is 15.1. The van der Waals surface area contributed by atoms with Gasteiger partial charge in [0.25, 0.3) is 6.71 Å². The monoisotopic (exact) mass is 983 g/mol. The Morgan fingerprint density at radius 2 is 0.974 bits per heavy atom. The molecule has 2 nitrogen and oxygen atoms in total. The Bertz CT molecular complexity index is 4320. The third kappa shape index (κ3) is 5.69. The lowest BCUT2D eigenvalue weighted by molar-refractivity contribution is 0.505. The summed E-state index contributed by atoms with van der Waals surface area (Å²) in [5, 5.41) is 6.69. The summed E-state index contributed by atoms with van der Waals surface area (Å²) in [4.78, 5) is 0. The van der Waals surface area contributed by atoms with Gasteiger partial charge in [0, 0.05) is 38.6 Å². The van der Waals surface area contributed by atoms with Crippen molar-refractivity contribution in [3.8, 4) is 44.9 Å². The van der Waals surface area contributed by atoms with Crippen LogP contribution in [0.2, 0.25) is 0 Å². The molecule has 0 atom stereocenters. The topological polar surface area (TPSA) is 9.86 Å². The molecule has 76 heavy (non-hydrogen) atoms. The van der Waals surface area contributed by atoms with E-state index in [4.69, 9.17) is 0 Å². The average molecular weight is 983 g/mol. The van der Waals surface area contributed by atoms with Crippen LogP contribution in [-0.4, -0.2) is 15.8 Å². The van der Waals surface area contributed by atoms with Gasteiger partial charge in [-0.25, -0.2) is 0 Å². The molecule has 0 saturated carbocycles. The molecule has 0 N–H and O–H groups in total. The van der Waals surface area contributed by atoms with Crippen molar-refractivity contribution in [2.24, 2.45) is 0 Å². The Labute approximate surface area is 449 Å². The fraction of sp³-hybridized carbons (Fsp3) is 0.260. The zero-order valence-corrected chi connectivity index (χ0v) is 46.5. The molecule has 0 unspecified atom stereocenters. The molecule has 372 valence electrons. The average Bonchev–Trinajstić information content (AvgIpc) is 4.13. The quantitative estimate of drug-likeness (QED) is 0.147. The molecule has 15 rings (SSSR count). The van der Waals surface area contributed by atoms with E-state index in [9.17, 15) is 0 Å². The first kappa shape index (κ1) is 46.0. The van der Waals surface area contributed by atoms with E-state index < -0.39 is 5.41 Å². The molecule has 0 amide bonds. The number of hydrogen-bond donors (Lipinski definition) is 0. The lowest BCUT2D eigenvalue weighted by Crippen LogP contribution is -2.61. The maximum absolute atomic E-state index is 2.81. The Morgan fingerprint density at radius 3 is 1.58 bits per heavy atom. The molecule has 0 radical (unpaired) electrons. The van der Waals surface area contributed by atoms with Crippen molar-refractivity contribution < 1.29 is 0 Å². The molecule has 3 heteroatoms. The second kappa shape index (κ2) is 15.0. The van der Waals surface area contributed by atoms with E-state index in [1.807, 2.05) is 0 Å². The number of nitrogens with zero attached hydrogens (tertiary/aromatic N) is 2. The molecule has 0 fully saturated rings. The predicted molar refractivity (Wildman–Crippen MR) is 326 cm³/mol. The van der Waals surface area contributed by atoms with Crippen LogP contribution < -0.4 is 16.4 Å². The molecule has 0 saturated heterocycles. The Morgan fingerprint density at radius 1 is 0.421 bits per heavy atom. The molecule has 1 aliphatic carbocycles. The van der Waals surface area contributed by atoms with Gasteiger partial charge in [-0.05, 0) is 153 Å². The van der Waals surface area contributed by atoms with Crippen molar-refractivity contribution in [1.29, 1.82) is 0 Å². The smallest absolute Gasteiger partial charge is 0.253 e. The van der Waals surface area contributed by atoms with E-state index in [-0.39, 0.29) is 28.4 Å². The fourth-order valence-electron chi connectivity index (χ4n) is 14.8. The molecule has 2 aromatic heterocycles. The number of rotatable bonds is 6. The van der Waals surface area contributed by atoms with Gasteiger partial charge in [-0.2, -0.15) is 0 Å². The first-order valence-electron chi connectivity index (χ1n) is 28.3. The van der Waals surface area contributed by atoms with Crippen molar-refractivity contribution in [3.63, 3.8) is 0 Å². The van der Waals surface area contributed by atoms with E-state index >= 15 is 0 Å². The molecular formula is C73H67BN2. The fourth-order valence-corrected chi connectivity index (χ4v) is 14.8. The number of benzene rings is 9. The number of hydrogen-bond acceptors (Lipinski definition) is 0. The number of aromatic nitrogens is 2. The summed E-state index contributed by atoms with van der Waals surface area (Å²) in [6, 6.07) is 65.6. The molecule has 3 aliphatic heterocycles. The third-order valence-electron chi connectivity index (χ3n) is 19.7. The van der Waals surface area contributed by atoms with E-state index in [2.05, 4.69) is 256 Å². The van der Waals surface area contributed by atoms with Crippen LogP contribution in [0.4, 0.5) is 0 Å². The van der Waals surface area contributed by atoms with E-state index in [0.29, 0.717) is 0 Å². The summed E-state index contributed by atoms with van der Waals surface area (Å²) >= 11 is 0. The normalized spacial score (nSPS) is 14.8. The Balaban J connectivity index is 1.20. The van der Waals surface area contributed by atoms with E-state index in [1.54, 1.807) is 0 Å². The Hall–Kier alpha value is -7.36. The number of fused-ring (bicyclic) bond motifs is 13. The molecule has 11 aromatic rings. The first-order valence-corrected chi connectivity index (χ1v) is 28.3. The van der Waals surface area contributed by atoms with Gasteiger partial charge in [0.1, 0.15) is 0 Å². The lowest BCUT2D eigenvalue weighted by atomic mass is 9.33. The van der Waals surface area contributed by atoms with Crippen LogP contribution in [0.5, 0.6) is 0 Å². The van der Waals surface area contributed by atoms with Gasteiger partial charge in [-0.1, -0.05) is 223 Å². The van der Waals surface area contributed by atoms with Gasteiger partial charge in [-0.15, -0.1) is 0 Å². The summed E-state index contributed by atoms with van der Waals surface area (Å²) in [7, 11) is 0. The minimum Gasteiger partial charge on any atom is -0.310 e. The van der Waals surface area contributed by atoms with Crippen LogP contribution in [0.3, 0.4) is 0 Å².